The van der Waals surface area contributed by atoms with Crippen LogP contribution in [0.1, 0.15) is 10.4 Å². The minimum absolute atomic E-state index is 0.0622. The molecule has 0 unspecified atom stereocenters. The fourth-order valence-corrected chi connectivity index (χ4v) is 1.28. The molecule has 0 radical (unpaired) electrons. The second-order valence-electron chi connectivity index (χ2n) is 3.78. The highest BCUT2D eigenvalue weighted by molar-refractivity contribution is 6.06. The van der Waals surface area contributed by atoms with Crippen LogP contribution in [-0.2, 0) is 9.59 Å². The van der Waals surface area contributed by atoms with Gasteiger partial charge in [-0.05, 0) is 24.3 Å². The summed E-state index contributed by atoms with van der Waals surface area (Å²) in [6, 6.07) is 6.98. The summed E-state index contributed by atoms with van der Waals surface area (Å²) in [5.74, 6) is -2.96. The molecule has 8 nitrogen and oxygen atoms in total. The molecule has 0 aliphatic heterocycles. The standard InChI is InChI=1S/C13H11N3O5/c14-5-9(6-15-7-11(17)18)12(19)16-10-3-1-8(2-4-10)13(20)21/h1-4,6,15H,7H2,(H,16,19)(H,17,18)(H,20,21)/b9-6-. The van der Waals surface area contributed by atoms with Crippen molar-refractivity contribution in [3.8, 4) is 6.07 Å². The van der Waals surface area contributed by atoms with Gasteiger partial charge in [0.1, 0.15) is 18.2 Å². The van der Waals surface area contributed by atoms with Gasteiger partial charge in [-0.25, -0.2) is 4.79 Å². The molecule has 0 heterocycles. The lowest BCUT2D eigenvalue weighted by atomic mass is 10.2. The van der Waals surface area contributed by atoms with Crippen LogP contribution in [0.15, 0.2) is 36.0 Å². The van der Waals surface area contributed by atoms with Crippen LogP contribution >= 0.6 is 0 Å². The van der Waals surface area contributed by atoms with Crippen molar-refractivity contribution in [3.05, 3.63) is 41.6 Å². The number of carboxylic acid groups (broad SMARTS) is 2. The van der Waals surface area contributed by atoms with Crippen LogP contribution in [0, 0.1) is 11.3 Å². The molecular formula is C13H11N3O5. The topological polar surface area (TPSA) is 140 Å². The van der Waals surface area contributed by atoms with Crippen LogP contribution in [0.5, 0.6) is 0 Å². The molecule has 1 rings (SSSR count). The van der Waals surface area contributed by atoms with Gasteiger partial charge in [0.2, 0.25) is 0 Å². The number of nitrogens with zero attached hydrogens (tertiary/aromatic N) is 1. The largest absolute Gasteiger partial charge is 0.480 e. The van der Waals surface area contributed by atoms with Crippen LogP contribution in [-0.4, -0.2) is 34.6 Å². The van der Waals surface area contributed by atoms with Crippen LogP contribution < -0.4 is 10.6 Å². The lowest BCUT2D eigenvalue weighted by Crippen LogP contribution is -2.20. The number of amides is 1. The number of hydrogen-bond acceptors (Lipinski definition) is 5. The van der Waals surface area contributed by atoms with Crippen LogP contribution in [0.25, 0.3) is 0 Å². The van der Waals surface area contributed by atoms with Gasteiger partial charge in [-0.1, -0.05) is 0 Å². The molecule has 0 aliphatic carbocycles. The second kappa shape index (κ2) is 7.30. The molecule has 0 atom stereocenters. The van der Waals surface area contributed by atoms with Gasteiger partial charge in [-0.2, -0.15) is 5.26 Å². The predicted octanol–water partition coefficient (Wildman–Crippen LogP) is 0.405. The zero-order valence-electron chi connectivity index (χ0n) is 10.7. The smallest absolute Gasteiger partial charge is 0.335 e. The number of aromatic carboxylic acids is 1. The minimum atomic E-state index is -1.13. The molecule has 1 amide bonds. The number of rotatable bonds is 6. The monoisotopic (exact) mass is 289 g/mol. The average molecular weight is 289 g/mol. The summed E-state index contributed by atoms with van der Waals surface area (Å²) < 4.78 is 0. The van der Waals surface area contributed by atoms with Gasteiger partial charge in [-0.3, -0.25) is 9.59 Å². The maximum absolute atomic E-state index is 11.7. The summed E-state index contributed by atoms with van der Waals surface area (Å²) in [4.78, 5) is 32.7. The van der Waals surface area contributed by atoms with E-state index >= 15 is 0 Å². The highest BCUT2D eigenvalue weighted by Crippen LogP contribution is 2.10. The number of aliphatic carboxylic acids is 1. The number of carbonyl (C=O) groups is 3. The summed E-state index contributed by atoms with van der Waals surface area (Å²) in [5.41, 5.74) is 0.0649. The Bertz CT molecular complexity index is 628. The summed E-state index contributed by atoms with van der Waals surface area (Å²) in [5, 5.41) is 30.7. The molecule has 0 bridgehead atoms. The Labute approximate surface area is 119 Å². The van der Waals surface area contributed by atoms with Gasteiger partial charge in [0.05, 0.1) is 5.56 Å². The van der Waals surface area contributed by atoms with E-state index in [1.54, 1.807) is 6.07 Å². The third kappa shape index (κ3) is 5.04. The number of benzene rings is 1. The van der Waals surface area contributed by atoms with E-state index in [4.69, 9.17) is 15.5 Å². The van der Waals surface area contributed by atoms with Gasteiger partial charge in [0.25, 0.3) is 5.91 Å². The first kappa shape index (κ1) is 15.7. The lowest BCUT2D eigenvalue weighted by molar-refractivity contribution is -0.135. The van der Waals surface area contributed by atoms with Gasteiger partial charge < -0.3 is 20.8 Å². The Morgan fingerprint density at radius 1 is 1.19 bits per heavy atom. The number of carboxylic acids is 2. The molecule has 4 N–H and O–H groups in total. The Morgan fingerprint density at radius 3 is 2.29 bits per heavy atom. The quantitative estimate of drug-likeness (QED) is 0.439. The molecule has 1 aromatic rings. The molecule has 0 fully saturated rings. The summed E-state index contributed by atoms with van der Waals surface area (Å²) in [6.45, 7) is -0.425. The Hall–Kier alpha value is -3.34. The summed E-state index contributed by atoms with van der Waals surface area (Å²) in [6.07, 6.45) is 0.995. The van der Waals surface area contributed by atoms with Crippen LogP contribution in [0.3, 0.4) is 0 Å². The zero-order valence-corrected chi connectivity index (χ0v) is 10.7. The first-order valence-electron chi connectivity index (χ1n) is 5.64. The normalized spacial score (nSPS) is 10.3. The van der Waals surface area contributed by atoms with Gasteiger partial charge in [0, 0.05) is 11.9 Å². The Balaban J connectivity index is 2.72. The highest BCUT2D eigenvalue weighted by atomic mass is 16.4. The molecule has 0 aromatic heterocycles. The third-order valence-corrected chi connectivity index (χ3v) is 2.25. The zero-order chi connectivity index (χ0) is 15.8. The molecular weight excluding hydrogens is 278 g/mol. The predicted molar refractivity (Wildman–Crippen MR) is 71.4 cm³/mol. The first-order valence-corrected chi connectivity index (χ1v) is 5.64. The number of nitriles is 1. The van der Waals surface area contributed by atoms with Crippen molar-refractivity contribution >= 4 is 23.5 Å². The van der Waals surface area contributed by atoms with E-state index in [-0.39, 0.29) is 11.1 Å². The number of hydrogen-bond donors (Lipinski definition) is 4. The van der Waals surface area contributed by atoms with Gasteiger partial charge in [-0.15, -0.1) is 0 Å². The minimum Gasteiger partial charge on any atom is -0.480 e. The van der Waals surface area contributed by atoms with E-state index in [1.807, 2.05) is 0 Å². The van der Waals surface area contributed by atoms with E-state index in [2.05, 4.69) is 10.6 Å². The van der Waals surface area contributed by atoms with Crippen LogP contribution in [0.4, 0.5) is 5.69 Å². The third-order valence-electron chi connectivity index (χ3n) is 2.25. The van der Waals surface area contributed by atoms with E-state index in [9.17, 15) is 14.4 Å². The molecule has 108 valence electrons. The van der Waals surface area contributed by atoms with Crippen molar-refractivity contribution in [2.45, 2.75) is 0 Å². The summed E-state index contributed by atoms with van der Waals surface area (Å²) in [7, 11) is 0. The SMILES string of the molecule is N#C/C(=C/NCC(=O)O)C(=O)Nc1ccc(C(=O)O)cc1. The Morgan fingerprint density at radius 2 is 1.81 bits per heavy atom. The lowest BCUT2D eigenvalue weighted by Gasteiger charge is -2.05. The van der Waals surface area contributed by atoms with Gasteiger partial charge >= 0.3 is 11.9 Å². The van der Waals surface area contributed by atoms with E-state index in [0.29, 0.717) is 5.69 Å². The van der Waals surface area contributed by atoms with E-state index in [1.165, 1.54) is 24.3 Å². The maximum atomic E-state index is 11.7. The van der Waals surface area contributed by atoms with Crippen molar-refractivity contribution in [3.63, 3.8) is 0 Å². The average Bonchev–Trinajstić information content (AvgIpc) is 2.43. The Kier molecular flexibility index (Phi) is 5.46. The maximum Gasteiger partial charge on any atom is 0.335 e. The van der Waals surface area contributed by atoms with Crippen molar-refractivity contribution < 1.29 is 24.6 Å². The van der Waals surface area contributed by atoms with E-state index in [0.717, 1.165) is 6.20 Å². The van der Waals surface area contributed by atoms with Crippen molar-refractivity contribution in [2.75, 3.05) is 11.9 Å². The number of anilines is 1. The van der Waals surface area contributed by atoms with Gasteiger partial charge in [0.15, 0.2) is 0 Å². The number of nitrogens with one attached hydrogen (secondary N) is 2. The van der Waals surface area contributed by atoms with Crippen molar-refractivity contribution in [1.29, 1.82) is 5.26 Å². The molecule has 0 spiro atoms. The first-order chi connectivity index (χ1) is 9.93. The molecule has 0 saturated heterocycles. The second-order valence-corrected chi connectivity index (χ2v) is 3.78. The summed E-state index contributed by atoms with van der Waals surface area (Å²) >= 11 is 0. The van der Waals surface area contributed by atoms with Crippen molar-refractivity contribution in [2.24, 2.45) is 0 Å². The molecule has 1 aromatic carbocycles. The van der Waals surface area contributed by atoms with Crippen molar-refractivity contribution in [1.82, 2.24) is 5.32 Å². The van der Waals surface area contributed by atoms with Crippen LogP contribution in [0.2, 0.25) is 0 Å². The highest BCUT2D eigenvalue weighted by Gasteiger charge is 2.10. The number of carbonyl (C=O) groups excluding carboxylic acids is 1. The molecule has 0 saturated carbocycles. The van der Waals surface area contributed by atoms with E-state index < -0.39 is 24.4 Å². The fraction of sp³-hybridized carbons (Fsp3) is 0.0769. The molecule has 8 heteroatoms. The molecule has 21 heavy (non-hydrogen) atoms. The molecule has 0 aliphatic rings. The fourth-order valence-electron chi connectivity index (χ4n) is 1.28.